The van der Waals surface area contributed by atoms with Crippen LogP contribution in [0.25, 0.3) is 0 Å². The molecule has 28 heavy (non-hydrogen) atoms. The Bertz CT molecular complexity index is 862. The Balaban J connectivity index is 0.00000280. The molecule has 0 spiro atoms. The van der Waals surface area contributed by atoms with Gasteiger partial charge in [0.05, 0.1) is 15.4 Å². The molecule has 1 aromatic rings. The van der Waals surface area contributed by atoms with Gasteiger partial charge in [0.15, 0.2) is 9.84 Å². The number of hydrogen-bond donors (Lipinski definition) is 1. The van der Waals surface area contributed by atoms with Gasteiger partial charge >= 0.3 is 0 Å². The van der Waals surface area contributed by atoms with Crippen molar-refractivity contribution in [1.82, 2.24) is 4.90 Å². The second-order valence-corrected chi connectivity index (χ2v) is 9.34. The zero-order valence-corrected chi connectivity index (χ0v) is 17.3. The Labute approximate surface area is 170 Å². The molecule has 0 radical (unpaired) electrons. The maximum Gasteiger partial charge on any atom is 0.293 e. The lowest BCUT2D eigenvalue weighted by Crippen LogP contribution is -2.58. The Morgan fingerprint density at radius 1 is 1.18 bits per heavy atom. The number of amides is 1. The van der Waals surface area contributed by atoms with Gasteiger partial charge in [-0.1, -0.05) is 12.8 Å². The number of sulfone groups is 1. The van der Waals surface area contributed by atoms with Gasteiger partial charge in [-0.3, -0.25) is 14.9 Å². The quantitative estimate of drug-likeness (QED) is 0.561. The van der Waals surface area contributed by atoms with E-state index in [1.54, 1.807) is 4.90 Å². The van der Waals surface area contributed by atoms with Gasteiger partial charge in [-0.2, -0.15) is 0 Å². The fourth-order valence-electron chi connectivity index (χ4n) is 3.83. The largest absolute Gasteiger partial charge is 0.362 e. The molecule has 9 nitrogen and oxygen atoms in total. The van der Waals surface area contributed by atoms with Crippen molar-refractivity contribution in [2.45, 2.75) is 36.1 Å². The van der Waals surface area contributed by atoms with E-state index in [0.717, 1.165) is 25.2 Å². The number of nitro groups is 1. The Morgan fingerprint density at radius 2 is 1.75 bits per heavy atom. The second-order valence-electron chi connectivity index (χ2n) is 7.32. The van der Waals surface area contributed by atoms with Crippen molar-refractivity contribution in [3.05, 3.63) is 28.3 Å². The molecule has 0 unspecified atom stereocenters. The van der Waals surface area contributed by atoms with Crippen molar-refractivity contribution in [1.29, 1.82) is 0 Å². The Morgan fingerprint density at radius 3 is 2.25 bits per heavy atom. The third kappa shape index (κ3) is 4.39. The minimum Gasteiger partial charge on any atom is -0.362 e. The van der Waals surface area contributed by atoms with Gasteiger partial charge in [-0.05, 0) is 25.0 Å². The van der Waals surface area contributed by atoms with Crippen LogP contribution < -0.4 is 10.6 Å². The molecule has 0 aromatic heterocycles. The van der Waals surface area contributed by atoms with Crippen LogP contribution in [0.2, 0.25) is 0 Å². The lowest BCUT2D eigenvalue weighted by atomic mass is 9.97. The van der Waals surface area contributed by atoms with Gasteiger partial charge in [-0.25, -0.2) is 8.42 Å². The first-order chi connectivity index (χ1) is 12.6. The maximum atomic E-state index is 12.7. The fourth-order valence-corrected chi connectivity index (χ4v) is 4.47. The lowest BCUT2D eigenvalue weighted by Gasteiger charge is -2.39. The molecule has 2 aliphatic rings. The first kappa shape index (κ1) is 22.4. The molecule has 2 N–H and O–H groups in total. The Hall–Kier alpha value is -1.91. The molecule has 3 rings (SSSR count). The van der Waals surface area contributed by atoms with Crippen molar-refractivity contribution in [2.75, 3.05) is 37.3 Å². The average Bonchev–Trinajstić information content (AvgIpc) is 3.08. The van der Waals surface area contributed by atoms with E-state index in [9.17, 15) is 23.3 Å². The molecule has 1 aromatic carbocycles. The fraction of sp³-hybridized carbons (Fsp3) is 0.588. The van der Waals surface area contributed by atoms with Crippen LogP contribution in [0.3, 0.4) is 0 Å². The summed E-state index contributed by atoms with van der Waals surface area (Å²) in [6.07, 6.45) is 4.33. The molecular weight excluding hydrogens is 408 g/mol. The van der Waals surface area contributed by atoms with Crippen LogP contribution >= 0.6 is 12.4 Å². The van der Waals surface area contributed by atoms with Crippen LogP contribution in [0.15, 0.2) is 23.1 Å². The highest BCUT2D eigenvalue weighted by atomic mass is 35.5. The second kappa shape index (κ2) is 8.22. The third-order valence-corrected chi connectivity index (χ3v) is 6.51. The van der Waals surface area contributed by atoms with Crippen molar-refractivity contribution in [2.24, 2.45) is 5.73 Å². The molecule has 0 atom stereocenters. The molecule has 156 valence electrons. The van der Waals surface area contributed by atoms with Gasteiger partial charge in [0, 0.05) is 38.5 Å². The molecule has 0 bridgehead atoms. The topological polar surface area (TPSA) is 127 Å². The summed E-state index contributed by atoms with van der Waals surface area (Å²) in [5.41, 5.74) is 5.59. The minimum absolute atomic E-state index is 0. The smallest absolute Gasteiger partial charge is 0.293 e. The van der Waals surface area contributed by atoms with Crippen LogP contribution in [-0.2, 0) is 14.6 Å². The summed E-state index contributed by atoms with van der Waals surface area (Å²) in [7, 11) is -3.53. The predicted octanol–water partition coefficient (Wildman–Crippen LogP) is 1.34. The van der Waals surface area contributed by atoms with Crippen molar-refractivity contribution < 1.29 is 18.1 Å². The monoisotopic (exact) mass is 432 g/mol. The number of rotatable bonds is 4. The molecular formula is C17H25ClN4O5S. The number of anilines is 1. The average molecular weight is 433 g/mol. The van der Waals surface area contributed by atoms with Crippen molar-refractivity contribution >= 4 is 39.5 Å². The highest BCUT2D eigenvalue weighted by Gasteiger charge is 2.40. The van der Waals surface area contributed by atoms with Crippen molar-refractivity contribution in [3.63, 3.8) is 0 Å². The molecule has 11 heteroatoms. The third-order valence-electron chi connectivity index (χ3n) is 5.40. The van der Waals surface area contributed by atoms with Crippen LogP contribution in [-0.4, -0.2) is 62.1 Å². The summed E-state index contributed by atoms with van der Waals surface area (Å²) in [4.78, 5) is 27.0. The Kier molecular flexibility index (Phi) is 6.57. The molecule has 1 aliphatic heterocycles. The SMILES string of the molecule is CS(=O)(=O)c1ccc(N2CCN(C(=O)C3(N)CCCC3)CC2)c([N+](=O)[O-])c1.Cl. The molecule has 1 amide bonds. The summed E-state index contributed by atoms with van der Waals surface area (Å²) in [5.74, 6) is -0.0402. The summed E-state index contributed by atoms with van der Waals surface area (Å²) < 4.78 is 23.4. The van der Waals surface area contributed by atoms with E-state index < -0.39 is 20.3 Å². The first-order valence-corrected chi connectivity index (χ1v) is 10.8. The van der Waals surface area contributed by atoms with Gasteiger partial charge in [0.1, 0.15) is 5.69 Å². The number of piperazine rings is 1. The molecule has 1 saturated heterocycles. The normalized spacial score (nSPS) is 19.2. The number of nitrogens with two attached hydrogens (primary N) is 1. The summed E-state index contributed by atoms with van der Waals surface area (Å²) >= 11 is 0. The number of halogens is 1. The van der Waals surface area contributed by atoms with Crippen LogP contribution in [0.5, 0.6) is 0 Å². The van der Waals surface area contributed by atoms with Gasteiger partial charge < -0.3 is 15.5 Å². The predicted molar refractivity (Wildman–Crippen MR) is 108 cm³/mol. The van der Waals surface area contributed by atoms with Gasteiger partial charge in [-0.15, -0.1) is 12.4 Å². The summed E-state index contributed by atoms with van der Waals surface area (Å²) in [6.45, 7) is 1.73. The van der Waals surface area contributed by atoms with Gasteiger partial charge in [0.2, 0.25) is 5.91 Å². The van der Waals surface area contributed by atoms with E-state index in [4.69, 9.17) is 5.73 Å². The number of nitro benzene ring substituents is 1. The van der Waals surface area contributed by atoms with E-state index in [0.29, 0.717) is 44.7 Å². The molecule has 1 aliphatic carbocycles. The van der Waals surface area contributed by atoms with E-state index in [1.165, 1.54) is 12.1 Å². The van der Waals surface area contributed by atoms with E-state index in [2.05, 4.69) is 0 Å². The van der Waals surface area contributed by atoms with E-state index in [-0.39, 0.29) is 28.9 Å². The molecule has 2 fully saturated rings. The molecule has 1 saturated carbocycles. The molecule has 1 heterocycles. The zero-order chi connectivity index (χ0) is 19.8. The summed E-state index contributed by atoms with van der Waals surface area (Å²) in [6, 6.07) is 3.94. The van der Waals surface area contributed by atoms with E-state index in [1.807, 2.05) is 4.90 Å². The number of nitrogens with zero attached hydrogens (tertiary/aromatic N) is 3. The standard InChI is InChI=1S/C17H24N4O5S.ClH/c1-27(25,26)13-4-5-14(15(12-13)21(23)24)19-8-10-20(11-9-19)16(22)17(18)6-2-3-7-17;/h4-5,12H,2-3,6-11,18H2,1H3;1H. The van der Waals surface area contributed by atoms with Gasteiger partial charge in [0.25, 0.3) is 5.69 Å². The van der Waals surface area contributed by atoms with Crippen LogP contribution in [0.1, 0.15) is 25.7 Å². The van der Waals surface area contributed by atoms with E-state index >= 15 is 0 Å². The number of benzene rings is 1. The maximum absolute atomic E-state index is 12.7. The highest BCUT2D eigenvalue weighted by Crippen LogP contribution is 2.33. The number of carbonyl (C=O) groups excluding carboxylic acids is 1. The lowest BCUT2D eigenvalue weighted by molar-refractivity contribution is -0.384. The number of carbonyl (C=O) groups is 1. The zero-order valence-electron chi connectivity index (χ0n) is 15.7. The van der Waals surface area contributed by atoms with Crippen LogP contribution in [0, 0.1) is 10.1 Å². The van der Waals surface area contributed by atoms with Crippen molar-refractivity contribution in [3.8, 4) is 0 Å². The minimum atomic E-state index is -3.53. The van der Waals surface area contributed by atoms with Crippen LogP contribution in [0.4, 0.5) is 11.4 Å². The summed E-state index contributed by atoms with van der Waals surface area (Å²) in [5, 5.41) is 11.4. The first-order valence-electron chi connectivity index (χ1n) is 8.93. The number of hydrogen-bond acceptors (Lipinski definition) is 7. The highest BCUT2D eigenvalue weighted by molar-refractivity contribution is 7.90.